The summed E-state index contributed by atoms with van der Waals surface area (Å²) >= 11 is 0. The van der Waals surface area contributed by atoms with E-state index in [1.807, 2.05) is 0 Å². The largest absolute Gasteiger partial charge is 0.466 e. The van der Waals surface area contributed by atoms with Crippen molar-refractivity contribution in [2.24, 2.45) is 11.8 Å². The summed E-state index contributed by atoms with van der Waals surface area (Å²) in [5.74, 6) is -1.56. The number of hydrogen-bond donors (Lipinski definition) is 0. The lowest BCUT2D eigenvalue weighted by molar-refractivity contribution is -0.149. The molecular formula is C15H22O5S. The van der Waals surface area contributed by atoms with Gasteiger partial charge in [0, 0.05) is 0 Å². The zero-order valence-corrected chi connectivity index (χ0v) is 13.6. The van der Waals surface area contributed by atoms with Crippen molar-refractivity contribution in [2.75, 3.05) is 13.7 Å². The van der Waals surface area contributed by atoms with Crippen LogP contribution in [-0.4, -0.2) is 28.1 Å². The van der Waals surface area contributed by atoms with Gasteiger partial charge in [0.2, 0.25) is 0 Å². The maximum absolute atomic E-state index is 12.3. The van der Waals surface area contributed by atoms with Crippen molar-refractivity contribution in [1.82, 2.24) is 0 Å². The van der Waals surface area contributed by atoms with Gasteiger partial charge in [-0.25, -0.2) is 0 Å². The zero-order chi connectivity index (χ0) is 16.0. The molecule has 1 aromatic rings. The van der Waals surface area contributed by atoms with Crippen molar-refractivity contribution in [3.05, 3.63) is 35.9 Å². The van der Waals surface area contributed by atoms with Gasteiger partial charge in [0.25, 0.3) is 10.1 Å². The lowest BCUT2D eigenvalue weighted by Gasteiger charge is -2.27. The first-order chi connectivity index (χ1) is 9.85. The summed E-state index contributed by atoms with van der Waals surface area (Å²) in [7, 11) is -2.82. The van der Waals surface area contributed by atoms with E-state index in [-0.39, 0.29) is 12.5 Å². The van der Waals surface area contributed by atoms with E-state index in [0.717, 1.165) is 7.11 Å². The molecule has 0 aliphatic carbocycles. The third-order valence-electron chi connectivity index (χ3n) is 3.27. The number of hydrogen-bond acceptors (Lipinski definition) is 5. The molecule has 1 aromatic carbocycles. The van der Waals surface area contributed by atoms with Gasteiger partial charge in [-0.05, 0) is 18.4 Å². The third kappa shape index (κ3) is 4.28. The number of carbonyl (C=O) groups is 1. The number of rotatable bonds is 7. The molecule has 0 spiro atoms. The molecule has 0 aliphatic rings. The molecule has 1 rings (SSSR count). The molecule has 0 saturated carbocycles. The fraction of sp³-hybridized carbons (Fsp3) is 0.533. The molecule has 21 heavy (non-hydrogen) atoms. The Morgan fingerprint density at radius 1 is 1.19 bits per heavy atom. The van der Waals surface area contributed by atoms with Crippen LogP contribution in [0.3, 0.4) is 0 Å². The molecule has 2 atom stereocenters. The Kier molecular flexibility index (Phi) is 6.36. The fourth-order valence-electron chi connectivity index (χ4n) is 2.28. The van der Waals surface area contributed by atoms with Crippen LogP contribution in [0.4, 0.5) is 0 Å². The number of benzene rings is 1. The number of ether oxygens (including phenoxy) is 1. The quantitative estimate of drug-likeness (QED) is 0.571. The first kappa shape index (κ1) is 17.7. The summed E-state index contributed by atoms with van der Waals surface area (Å²) in [6.45, 7) is 5.49. The first-order valence-corrected chi connectivity index (χ1v) is 8.33. The molecule has 0 bridgehead atoms. The van der Waals surface area contributed by atoms with Crippen LogP contribution in [0.1, 0.15) is 31.6 Å². The first-order valence-electron chi connectivity index (χ1n) is 6.86. The lowest BCUT2D eigenvalue weighted by atomic mass is 9.88. The van der Waals surface area contributed by atoms with Crippen LogP contribution in [-0.2, 0) is 23.8 Å². The van der Waals surface area contributed by atoms with E-state index in [2.05, 4.69) is 4.18 Å². The van der Waals surface area contributed by atoms with Crippen LogP contribution in [0.5, 0.6) is 0 Å². The van der Waals surface area contributed by atoms with Gasteiger partial charge in [0.15, 0.2) is 0 Å². The van der Waals surface area contributed by atoms with E-state index < -0.39 is 27.3 Å². The van der Waals surface area contributed by atoms with Crippen LogP contribution in [0, 0.1) is 11.8 Å². The van der Waals surface area contributed by atoms with Crippen LogP contribution in [0.15, 0.2) is 30.3 Å². The molecule has 0 radical (unpaired) electrons. The normalized spacial score (nSPS) is 14.7. The van der Waals surface area contributed by atoms with E-state index >= 15 is 0 Å². The molecule has 0 amide bonds. The second kappa shape index (κ2) is 7.56. The van der Waals surface area contributed by atoms with E-state index in [4.69, 9.17) is 4.74 Å². The predicted octanol–water partition coefficient (Wildman–Crippen LogP) is 2.54. The molecule has 0 aliphatic heterocycles. The molecule has 5 nitrogen and oxygen atoms in total. The standard InChI is InChI=1S/C15H22O5S/c1-5-20-15(16)13(11(2)3)14(21(17,18)19-4)12-9-7-6-8-10-12/h6-11,13-14H,5H2,1-4H3/t13-,14-/m0/s1. The number of carbonyl (C=O) groups excluding carboxylic acids is 1. The molecule has 6 heteroatoms. The highest BCUT2D eigenvalue weighted by Crippen LogP contribution is 2.36. The summed E-state index contributed by atoms with van der Waals surface area (Å²) in [6.07, 6.45) is 0. The SMILES string of the molecule is CCOC(=O)[C@@H](C(C)C)[C@H](c1ccccc1)S(=O)(=O)OC. The highest BCUT2D eigenvalue weighted by Gasteiger charge is 2.42. The van der Waals surface area contributed by atoms with Crippen molar-refractivity contribution < 1.29 is 22.1 Å². The van der Waals surface area contributed by atoms with Crippen LogP contribution in [0.25, 0.3) is 0 Å². The molecule has 0 N–H and O–H groups in total. The Bertz CT molecular complexity index is 551. The van der Waals surface area contributed by atoms with Gasteiger partial charge in [0.1, 0.15) is 5.25 Å². The summed E-state index contributed by atoms with van der Waals surface area (Å²) in [5.41, 5.74) is 0.520. The Balaban J connectivity index is 3.37. The molecule has 0 fully saturated rings. The Labute approximate surface area is 126 Å². The van der Waals surface area contributed by atoms with Crippen molar-refractivity contribution in [1.29, 1.82) is 0 Å². The third-order valence-corrected chi connectivity index (χ3v) is 4.93. The van der Waals surface area contributed by atoms with Crippen molar-refractivity contribution in [3.8, 4) is 0 Å². The fourth-order valence-corrected chi connectivity index (χ4v) is 3.77. The van der Waals surface area contributed by atoms with E-state index in [0.29, 0.717) is 5.56 Å². The van der Waals surface area contributed by atoms with Gasteiger partial charge in [-0.15, -0.1) is 0 Å². The zero-order valence-electron chi connectivity index (χ0n) is 12.8. The van der Waals surface area contributed by atoms with Gasteiger partial charge in [-0.3, -0.25) is 8.98 Å². The van der Waals surface area contributed by atoms with Crippen LogP contribution < -0.4 is 0 Å². The Morgan fingerprint density at radius 3 is 2.19 bits per heavy atom. The Hall–Kier alpha value is -1.40. The summed E-state index contributed by atoms with van der Waals surface area (Å²) in [4.78, 5) is 12.2. The minimum atomic E-state index is -3.92. The number of esters is 1. The average Bonchev–Trinajstić information content (AvgIpc) is 2.45. The van der Waals surface area contributed by atoms with E-state index in [1.54, 1.807) is 51.1 Å². The van der Waals surface area contributed by atoms with Gasteiger partial charge in [0.05, 0.1) is 19.6 Å². The van der Waals surface area contributed by atoms with E-state index in [9.17, 15) is 13.2 Å². The summed E-state index contributed by atoms with van der Waals surface area (Å²) < 4.78 is 34.4. The lowest BCUT2D eigenvalue weighted by Crippen LogP contribution is -2.34. The van der Waals surface area contributed by atoms with Crippen LogP contribution >= 0.6 is 0 Å². The van der Waals surface area contributed by atoms with Gasteiger partial charge in [-0.1, -0.05) is 44.2 Å². The maximum atomic E-state index is 12.3. The van der Waals surface area contributed by atoms with Gasteiger partial charge < -0.3 is 4.74 Å². The highest BCUT2D eigenvalue weighted by atomic mass is 32.2. The minimum Gasteiger partial charge on any atom is -0.466 e. The van der Waals surface area contributed by atoms with Crippen molar-refractivity contribution in [2.45, 2.75) is 26.0 Å². The predicted molar refractivity (Wildman–Crippen MR) is 80.1 cm³/mol. The molecule has 118 valence electrons. The topological polar surface area (TPSA) is 69.7 Å². The molecule has 0 saturated heterocycles. The molecular weight excluding hydrogens is 292 g/mol. The Morgan fingerprint density at radius 2 is 1.76 bits per heavy atom. The smallest absolute Gasteiger partial charge is 0.310 e. The average molecular weight is 314 g/mol. The minimum absolute atomic E-state index is 0.205. The maximum Gasteiger partial charge on any atom is 0.310 e. The monoisotopic (exact) mass is 314 g/mol. The van der Waals surface area contributed by atoms with Crippen LogP contribution in [0.2, 0.25) is 0 Å². The highest BCUT2D eigenvalue weighted by molar-refractivity contribution is 7.87. The summed E-state index contributed by atoms with van der Waals surface area (Å²) in [6, 6.07) is 8.60. The van der Waals surface area contributed by atoms with E-state index in [1.165, 1.54) is 0 Å². The van der Waals surface area contributed by atoms with Crippen molar-refractivity contribution in [3.63, 3.8) is 0 Å². The second-order valence-electron chi connectivity index (χ2n) is 5.01. The molecule has 0 aromatic heterocycles. The van der Waals surface area contributed by atoms with Gasteiger partial charge >= 0.3 is 5.97 Å². The molecule has 0 heterocycles. The summed E-state index contributed by atoms with van der Waals surface area (Å²) in [5, 5.41) is -1.08. The second-order valence-corrected chi connectivity index (χ2v) is 6.84. The van der Waals surface area contributed by atoms with Crippen molar-refractivity contribution >= 4 is 16.1 Å². The van der Waals surface area contributed by atoms with Gasteiger partial charge in [-0.2, -0.15) is 8.42 Å². The molecule has 0 unspecified atom stereocenters.